The van der Waals surface area contributed by atoms with Crippen molar-refractivity contribution in [3.05, 3.63) is 42.0 Å². The molecule has 18 heavy (non-hydrogen) atoms. The summed E-state index contributed by atoms with van der Waals surface area (Å²) in [5, 5.41) is 5.17. The molecule has 2 aromatic heterocycles. The lowest BCUT2D eigenvalue weighted by atomic mass is 10.1. The van der Waals surface area contributed by atoms with Crippen molar-refractivity contribution in [3.8, 4) is 11.3 Å². The van der Waals surface area contributed by atoms with Crippen LogP contribution in [0.15, 0.2) is 42.0 Å². The molecule has 0 saturated carbocycles. The molecular weight excluding hydrogens is 264 g/mol. The van der Waals surface area contributed by atoms with E-state index >= 15 is 0 Å². The Morgan fingerprint density at radius 1 is 1.33 bits per heavy atom. The third-order valence-electron chi connectivity index (χ3n) is 2.54. The van der Waals surface area contributed by atoms with E-state index in [1.165, 1.54) is 0 Å². The van der Waals surface area contributed by atoms with Gasteiger partial charge in [-0.15, -0.1) is 11.3 Å². The molecule has 0 unspecified atom stereocenters. The summed E-state index contributed by atoms with van der Waals surface area (Å²) >= 11 is 6.41. The molecule has 0 radical (unpaired) electrons. The summed E-state index contributed by atoms with van der Waals surface area (Å²) < 4.78 is 2.02. The maximum atomic E-state index is 5.42. The average Bonchev–Trinajstić information content (AvgIpc) is 2.89. The Morgan fingerprint density at radius 3 is 2.78 bits per heavy atom. The van der Waals surface area contributed by atoms with Gasteiger partial charge in [0.25, 0.3) is 0 Å². The lowest BCUT2D eigenvalue weighted by Crippen LogP contribution is -2.18. The molecule has 1 aromatic carbocycles. The van der Waals surface area contributed by atoms with Crippen LogP contribution < -0.4 is 11.1 Å². The Bertz CT molecular complexity index is 668. The molecule has 3 N–H and O–H groups in total. The van der Waals surface area contributed by atoms with Gasteiger partial charge >= 0.3 is 0 Å². The summed E-state index contributed by atoms with van der Waals surface area (Å²) in [6.07, 6.45) is 4.01. The first-order valence-corrected chi connectivity index (χ1v) is 6.60. The van der Waals surface area contributed by atoms with E-state index in [0.717, 1.165) is 21.9 Å². The fourth-order valence-electron chi connectivity index (χ4n) is 1.73. The van der Waals surface area contributed by atoms with Gasteiger partial charge in [-0.1, -0.05) is 12.1 Å². The zero-order valence-corrected chi connectivity index (χ0v) is 11.0. The number of thiazole rings is 1. The van der Waals surface area contributed by atoms with Crippen molar-refractivity contribution in [1.82, 2.24) is 9.38 Å². The Kier molecular flexibility index (Phi) is 2.73. The van der Waals surface area contributed by atoms with Crippen molar-refractivity contribution >= 4 is 39.3 Å². The summed E-state index contributed by atoms with van der Waals surface area (Å²) in [6.45, 7) is 0. The van der Waals surface area contributed by atoms with E-state index < -0.39 is 0 Å². The molecule has 0 bridgehead atoms. The van der Waals surface area contributed by atoms with Gasteiger partial charge in [0, 0.05) is 29.0 Å². The summed E-state index contributed by atoms with van der Waals surface area (Å²) in [6, 6.07) is 7.85. The highest BCUT2D eigenvalue weighted by Crippen LogP contribution is 2.22. The number of nitrogens with two attached hydrogens (primary N) is 1. The molecule has 3 aromatic rings. The van der Waals surface area contributed by atoms with Gasteiger partial charge in [-0.25, -0.2) is 4.98 Å². The normalized spacial score (nSPS) is 10.7. The van der Waals surface area contributed by atoms with Gasteiger partial charge < -0.3 is 11.1 Å². The standard InChI is InChI=1S/C12H10N4S2/c13-11(17)14-9-3-1-8(2-4-9)10-7-16-5-6-18-12(16)15-10/h1-7H,(H3,13,14,17). The molecule has 0 spiro atoms. The van der Waals surface area contributed by atoms with Crippen molar-refractivity contribution < 1.29 is 0 Å². The summed E-state index contributed by atoms with van der Waals surface area (Å²) in [7, 11) is 0. The number of benzene rings is 1. The number of nitrogens with zero attached hydrogens (tertiary/aromatic N) is 2. The highest BCUT2D eigenvalue weighted by molar-refractivity contribution is 7.80. The van der Waals surface area contributed by atoms with Crippen LogP contribution in [-0.4, -0.2) is 14.5 Å². The molecule has 0 aliphatic heterocycles. The first-order chi connectivity index (χ1) is 8.72. The van der Waals surface area contributed by atoms with Gasteiger partial charge in [-0.2, -0.15) is 0 Å². The summed E-state index contributed by atoms with van der Waals surface area (Å²) in [5.41, 5.74) is 8.33. The number of anilines is 1. The van der Waals surface area contributed by atoms with E-state index in [-0.39, 0.29) is 5.11 Å². The predicted molar refractivity (Wildman–Crippen MR) is 78.9 cm³/mol. The number of aromatic nitrogens is 2. The van der Waals surface area contributed by atoms with Crippen LogP contribution in [0.2, 0.25) is 0 Å². The van der Waals surface area contributed by atoms with E-state index in [2.05, 4.69) is 10.3 Å². The summed E-state index contributed by atoms with van der Waals surface area (Å²) in [4.78, 5) is 5.54. The lowest BCUT2D eigenvalue weighted by molar-refractivity contribution is 1.23. The molecule has 0 saturated heterocycles. The fourth-order valence-corrected chi connectivity index (χ4v) is 2.55. The van der Waals surface area contributed by atoms with Crippen LogP contribution in [0.1, 0.15) is 0 Å². The summed E-state index contributed by atoms with van der Waals surface area (Å²) in [5.74, 6) is 0. The van der Waals surface area contributed by atoms with E-state index in [0.29, 0.717) is 0 Å². The molecule has 3 rings (SSSR count). The van der Waals surface area contributed by atoms with Crippen molar-refractivity contribution in [2.45, 2.75) is 0 Å². The largest absolute Gasteiger partial charge is 0.376 e. The van der Waals surface area contributed by atoms with Crippen LogP contribution in [0.5, 0.6) is 0 Å². The van der Waals surface area contributed by atoms with Gasteiger partial charge in [0.05, 0.1) is 5.69 Å². The second-order valence-electron chi connectivity index (χ2n) is 3.79. The quantitative estimate of drug-likeness (QED) is 0.706. The number of hydrogen-bond donors (Lipinski definition) is 2. The zero-order chi connectivity index (χ0) is 12.5. The minimum atomic E-state index is 0.269. The Morgan fingerprint density at radius 2 is 2.11 bits per heavy atom. The van der Waals surface area contributed by atoms with Crippen LogP contribution in [0.4, 0.5) is 5.69 Å². The van der Waals surface area contributed by atoms with E-state index in [9.17, 15) is 0 Å². The second kappa shape index (κ2) is 4.40. The maximum absolute atomic E-state index is 5.42. The van der Waals surface area contributed by atoms with Gasteiger partial charge in [0.2, 0.25) is 0 Å². The van der Waals surface area contributed by atoms with Crippen LogP contribution in [0.25, 0.3) is 16.2 Å². The first-order valence-electron chi connectivity index (χ1n) is 5.31. The molecule has 0 fully saturated rings. The fraction of sp³-hybridized carbons (Fsp3) is 0. The van der Waals surface area contributed by atoms with Crippen LogP contribution in [-0.2, 0) is 0 Å². The molecule has 4 nitrogen and oxygen atoms in total. The minimum absolute atomic E-state index is 0.269. The van der Waals surface area contributed by atoms with Gasteiger partial charge in [-0.05, 0) is 24.4 Å². The topological polar surface area (TPSA) is 55.3 Å². The van der Waals surface area contributed by atoms with Crippen LogP contribution in [0.3, 0.4) is 0 Å². The molecule has 0 amide bonds. The number of thiocarbonyl (C=S) groups is 1. The van der Waals surface area contributed by atoms with Crippen molar-refractivity contribution in [1.29, 1.82) is 0 Å². The highest BCUT2D eigenvalue weighted by atomic mass is 32.1. The molecule has 0 aliphatic rings. The SMILES string of the molecule is NC(=S)Nc1ccc(-c2cn3ccsc3n2)cc1. The van der Waals surface area contributed by atoms with Gasteiger partial charge in [0.15, 0.2) is 10.1 Å². The Balaban J connectivity index is 1.92. The second-order valence-corrected chi connectivity index (χ2v) is 5.10. The van der Waals surface area contributed by atoms with Crippen LogP contribution in [0, 0.1) is 0 Å². The molecule has 0 aliphatic carbocycles. The highest BCUT2D eigenvalue weighted by Gasteiger charge is 2.05. The number of hydrogen-bond acceptors (Lipinski definition) is 3. The van der Waals surface area contributed by atoms with Gasteiger partial charge in [0.1, 0.15) is 0 Å². The molecule has 6 heteroatoms. The Hall–Kier alpha value is -1.92. The van der Waals surface area contributed by atoms with E-state index in [1.54, 1.807) is 11.3 Å². The lowest BCUT2D eigenvalue weighted by Gasteiger charge is -2.03. The van der Waals surface area contributed by atoms with Crippen LogP contribution >= 0.6 is 23.6 Å². The third kappa shape index (κ3) is 2.07. The monoisotopic (exact) mass is 274 g/mol. The first kappa shape index (κ1) is 11.2. The molecular formula is C12H10N4S2. The molecule has 0 atom stereocenters. The maximum Gasteiger partial charge on any atom is 0.194 e. The van der Waals surface area contributed by atoms with E-state index in [4.69, 9.17) is 18.0 Å². The van der Waals surface area contributed by atoms with E-state index in [1.807, 2.05) is 46.4 Å². The predicted octanol–water partition coefficient (Wildman–Crippen LogP) is 2.72. The van der Waals surface area contributed by atoms with Crippen molar-refractivity contribution in [2.75, 3.05) is 5.32 Å². The Labute approximate surface area is 113 Å². The van der Waals surface area contributed by atoms with Gasteiger partial charge in [-0.3, -0.25) is 4.40 Å². The number of nitrogens with one attached hydrogen (secondary N) is 1. The van der Waals surface area contributed by atoms with Crippen molar-refractivity contribution in [3.63, 3.8) is 0 Å². The van der Waals surface area contributed by atoms with Crippen molar-refractivity contribution in [2.24, 2.45) is 5.73 Å². The number of rotatable bonds is 2. The average molecular weight is 274 g/mol. The molecule has 90 valence electrons. The zero-order valence-electron chi connectivity index (χ0n) is 9.33. The number of imidazole rings is 1. The number of fused-ring (bicyclic) bond motifs is 1. The third-order valence-corrected chi connectivity index (χ3v) is 3.41. The minimum Gasteiger partial charge on any atom is -0.376 e. The smallest absolute Gasteiger partial charge is 0.194 e. The molecule has 2 heterocycles.